The molecule has 0 bridgehead atoms. The number of carboxylic acids is 2. The fourth-order valence-corrected chi connectivity index (χ4v) is 7.10. The van der Waals surface area contributed by atoms with Crippen molar-refractivity contribution in [1.82, 2.24) is 0 Å². The van der Waals surface area contributed by atoms with Crippen LogP contribution in [0.25, 0.3) is 0 Å². The monoisotopic (exact) mass is 1060 g/mol. The zero-order valence-electron chi connectivity index (χ0n) is 44.2. The third-order valence-electron chi connectivity index (χ3n) is 11.3. The Kier molecular flexibility index (Phi) is 56.2. The van der Waals surface area contributed by atoms with Gasteiger partial charge in [0.2, 0.25) is 0 Å². The van der Waals surface area contributed by atoms with Crippen molar-refractivity contribution in [2.45, 2.75) is 233 Å². The number of hydrogen-bond donors (Lipinski definition) is 0. The van der Waals surface area contributed by atoms with E-state index in [0.717, 1.165) is 25.7 Å². The van der Waals surface area contributed by atoms with E-state index in [1.54, 1.807) is 24.3 Å². The smallest absolute Gasteiger partial charge is 0.545 e. The second-order valence-corrected chi connectivity index (χ2v) is 17.5. The Balaban J connectivity index is -0.000000950. The summed E-state index contributed by atoms with van der Waals surface area (Å²) in [5.41, 5.74) is -0.198. The molecule has 0 aliphatic heterocycles. The predicted octanol–water partition coefficient (Wildman–Crippen LogP) is 15.3. The van der Waals surface area contributed by atoms with Gasteiger partial charge < -0.3 is 29.3 Å². The van der Waals surface area contributed by atoms with Crippen LogP contribution in [0.15, 0.2) is 72.8 Å². The Morgan fingerprint density at radius 2 is 0.638 bits per heavy atom. The average Bonchev–Trinajstić information content (AvgIpc) is 3.35. The van der Waals surface area contributed by atoms with Crippen molar-refractivity contribution in [2.75, 3.05) is 13.2 Å². The molecule has 0 saturated heterocycles. The first-order valence-electron chi connectivity index (χ1n) is 27.0. The number of benzene rings is 2. The molecule has 4 radical (unpaired) electrons. The molecule has 0 spiro atoms. The van der Waals surface area contributed by atoms with Crippen molar-refractivity contribution < 1.29 is 38.9 Å². The third-order valence-corrected chi connectivity index (χ3v) is 11.3. The molecular formula is C60H96O8Sn. The van der Waals surface area contributed by atoms with Crippen LogP contribution in [-0.4, -0.2) is 61.0 Å². The van der Waals surface area contributed by atoms with E-state index in [1.165, 1.54) is 191 Å². The number of hydrogen-bond acceptors (Lipinski definition) is 8. The van der Waals surface area contributed by atoms with Gasteiger partial charge in [0, 0.05) is 11.1 Å². The molecule has 388 valence electrons. The molecule has 0 aliphatic rings. The summed E-state index contributed by atoms with van der Waals surface area (Å²) >= 11 is 0. The molecule has 9 heteroatoms. The Morgan fingerprint density at radius 1 is 0.391 bits per heavy atom. The number of allylic oxidation sites excluding steroid dienone is 2. The van der Waals surface area contributed by atoms with Gasteiger partial charge in [-0.3, -0.25) is 0 Å². The molecular weight excluding hydrogens is 967 g/mol. The van der Waals surface area contributed by atoms with Gasteiger partial charge >= 0.3 is 35.8 Å². The summed E-state index contributed by atoms with van der Waals surface area (Å²) in [5, 5.41) is 22.0. The minimum Gasteiger partial charge on any atom is -0.545 e. The van der Waals surface area contributed by atoms with Gasteiger partial charge in [-0.25, -0.2) is 9.59 Å². The summed E-state index contributed by atoms with van der Waals surface area (Å²) in [6.45, 7) is 17.0. The summed E-state index contributed by atoms with van der Waals surface area (Å²) in [6, 6.07) is 11.9. The second-order valence-electron chi connectivity index (χ2n) is 17.5. The average molecular weight is 1060 g/mol. The first-order chi connectivity index (χ1) is 33.2. The minimum atomic E-state index is -1.37. The third kappa shape index (κ3) is 45.5. The Hall–Kier alpha value is -3.40. The normalized spacial score (nSPS) is 10.5. The molecule has 0 unspecified atom stereocenters. The fourth-order valence-electron chi connectivity index (χ4n) is 7.10. The van der Waals surface area contributed by atoms with E-state index in [9.17, 15) is 29.4 Å². The van der Waals surface area contributed by atoms with Gasteiger partial charge in [0.05, 0.1) is 36.3 Å². The quantitative estimate of drug-likeness (QED) is 0.0281. The van der Waals surface area contributed by atoms with E-state index in [4.69, 9.17) is 9.47 Å². The van der Waals surface area contributed by atoms with Gasteiger partial charge in [-0.2, -0.15) is 0 Å². The van der Waals surface area contributed by atoms with Crippen LogP contribution >= 0.6 is 0 Å². The molecule has 8 nitrogen and oxygen atoms in total. The molecule has 0 saturated carbocycles. The van der Waals surface area contributed by atoms with Crippen LogP contribution in [0.2, 0.25) is 0 Å². The Labute approximate surface area is 439 Å². The standard InChI is InChI=1S/2C22H32O4.2C8H17.Sn/c2*1-2-3-4-5-6-7-8-9-10-11-12-15-18-26-22(25)20-17-14-13-16-19(20)21(23)24;2*1-3-5-7-8-6-4-2;/h2*11-14,16-17H,2-10,15,18H2,1H3,(H,23,24);2*1,3-8H2,2H3;/q;;;;+2/p-2/b2*12-11+;;;. The van der Waals surface area contributed by atoms with Crippen molar-refractivity contribution in [3.05, 3.63) is 109 Å². The van der Waals surface area contributed by atoms with Gasteiger partial charge in [0.1, 0.15) is 0 Å². The molecule has 0 amide bonds. The number of rotatable bonds is 38. The van der Waals surface area contributed by atoms with Crippen LogP contribution in [-0.2, 0) is 9.47 Å². The van der Waals surface area contributed by atoms with Crippen molar-refractivity contribution in [1.29, 1.82) is 0 Å². The molecule has 0 atom stereocenters. The maximum atomic E-state index is 11.9. The summed E-state index contributed by atoms with van der Waals surface area (Å²) in [6.07, 6.45) is 48.6. The van der Waals surface area contributed by atoms with Crippen molar-refractivity contribution in [3.63, 3.8) is 0 Å². The van der Waals surface area contributed by atoms with Gasteiger partial charge in [-0.05, 0) is 50.7 Å². The summed E-state index contributed by atoms with van der Waals surface area (Å²) < 4.78 is 10.3. The molecule has 69 heavy (non-hydrogen) atoms. The maximum Gasteiger partial charge on any atom is 2.00 e. The first kappa shape index (κ1) is 69.9. The number of ether oxygens (including phenoxy) is 2. The Morgan fingerprint density at radius 3 is 0.913 bits per heavy atom. The zero-order valence-corrected chi connectivity index (χ0v) is 47.0. The van der Waals surface area contributed by atoms with Crippen molar-refractivity contribution >= 4 is 47.8 Å². The Bertz CT molecular complexity index is 1410. The SMILES string of the molecule is CCCCCCCCCC/C=C/CCOC(=O)c1ccccc1C(=O)[O-].CCCCCCCCCC/C=C/CCOC(=O)c1ccccc1C(=O)[O-].[CH2]CCCCCCC.[CH2]CCCCCCC.[Sn+2]. The molecule has 0 fully saturated rings. The number of carboxylic acid groups (broad SMARTS) is 2. The van der Waals surface area contributed by atoms with Gasteiger partial charge in [-0.1, -0.05) is 269 Å². The van der Waals surface area contributed by atoms with E-state index in [0.29, 0.717) is 12.8 Å². The van der Waals surface area contributed by atoms with Crippen LogP contribution < -0.4 is 10.2 Å². The second kappa shape index (κ2) is 55.5. The molecule has 2 aromatic carbocycles. The van der Waals surface area contributed by atoms with E-state index in [1.807, 2.05) is 12.2 Å². The van der Waals surface area contributed by atoms with Gasteiger partial charge in [-0.15, -0.1) is 0 Å². The number of aromatic carboxylic acids is 2. The topological polar surface area (TPSA) is 133 Å². The van der Waals surface area contributed by atoms with E-state index < -0.39 is 23.9 Å². The number of carbonyl (C=O) groups is 4. The van der Waals surface area contributed by atoms with E-state index in [-0.39, 0.29) is 59.4 Å². The molecule has 2 aromatic rings. The zero-order chi connectivity index (χ0) is 50.6. The van der Waals surface area contributed by atoms with Crippen molar-refractivity contribution in [3.8, 4) is 0 Å². The van der Waals surface area contributed by atoms with E-state index in [2.05, 4.69) is 53.7 Å². The van der Waals surface area contributed by atoms with Gasteiger partial charge in [0.15, 0.2) is 0 Å². The van der Waals surface area contributed by atoms with Crippen LogP contribution in [0.4, 0.5) is 0 Å². The van der Waals surface area contributed by atoms with Crippen LogP contribution in [0.5, 0.6) is 0 Å². The van der Waals surface area contributed by atoms with Crippen LogP contribution in [0.3, 0.4) is 0 Å². The number of esters is 2. The molecule has 0 aliphatic carbocycles. The number of unbranched alkanes of at least 4 members (excludes halogenated alkanes) is 26. The largest absolute Gasteiger partial charge is 2.00 e. The minimum absolute atomic E-state index is 0. The molecule has 2 rings (SSSR count). The molecule has 0 aromatic heterocycles. The molecule has 0 heterocycles. The maximum absolute atomic E-state index is 11.9. The first-order valence-corrected chi connectivity index (χ1v) is 27.0. The predicted molar refractivity (Wildman–Crippen MR) is 287 cm³/mol. The summed E-state index contributed by atoms with van der Waals surface area (Å²) in [5.74, 6) is -3.99. The van der Waals surface area contributed by atoms with E-state index >= 15 is 0 Å². The van der Waals surface area contributed by atoms with Crippen LogP contribution in [0, 0.1) is 13.8 Å². The number of carbonyl (C=O) groups excluding carboxylic acids is 4. The molecule has 0 N–H and O–H groups in total. The van der Waals surface area contributed by atoms with Gasteiger partial charge in [0.25, 0.3) is 0 Å². The fraction of sp³-hybridized carbons (Fsp3) is 0.633. The van der Waals surface area contributed by atoms with Crippen LogP contribution in [0.1, 0.15) is 275 Å². The summed E-state index contributed by atoms with van der Waals surface area (Å²) in [7, 11) is 0. The van der Waals surface area contributed by atoms with Crippen molar-refractivity contribution in [2.24, 2.45) is 0 Å². The summed E-state index contributed by atoms with van der Waals surface area (Å²) in [4.78, 5) is 45.8.